The summed E-state index contributed by atoms with van der Waals surface area (Å²) in [4.78, 5) is 27.7. The molecule has 1 aliphatic rings. The number of aromatic nitrogens is 1. The van der Waals surface area contributed by atoms with E-state index < -0.39 is 0 Å². The van der Waals surface area contributed by atoms with Crippen molar-refractivity contribution in [3.8, 4) is 5.69 Å². The molecule has 6 nitrogen and oxygen atoms in total. The van der Waals surface area contributed by atoms with Crippen LogP contribution in [0.3, 0.4) is 0 Å². The number of nitrogens with two attached hydrogens (primary N) is 1. The zero-order chi connectivity index (χ0) is 22.8. The molecule has 166 valence electrons. The fraction of sp³-hybridized carbons (Fsp3) is 0.280. The van der Waals surface area contributed by atoms with Crippen LogP contribution in [0.5, 0.6) is 0 Å². The Balaban J connectivity index is 1.71. The number of hydrogen-bond donors (Lipinski definition) is 2. The quantitative estimate of drug-likeness (QED) is 0.543. The molecule has 1 saturated heterocycles. The van der Waals surface area contributed by atoms with E-state index in [1.165, 1.54) is 0 Å². The molecule has 0 aliphatic carbocycles. The molecule has 2 aromatic carbocycles. The molecule has 4 rings (SSSR count). The number of rotatable bonds is 6. The molecule has 3 aromatic rings. The minimum Gasteiger partial charge on any atom is -0.370 e. The molecule has 0 radical (unpaired) electrons. The highest BCUT2D eigenvalue weighted by Gasteiger charge is 2.22. The van der Waals surface area contributed by atoms with Crippen LogP contribution in [0.4, 0.5) is 11.4 Å². The van der Waals surface area contributed by atoms with Gasteiger partial charge in [-0.15, -0.1) is 0 Å². The van der Waals surface area contributed by atoms with Crippen molar-refractivity contribution in [2.75, 3.05) is 29.9 Å². The average Bonchev–Trinajstić information content (AvgIpc) is 3.42. The highest BCUT2D eigenvalue weighted by molar-refractivity contribution is 6.30. The zero-order valence-corrected chi connectivity index (χ0v) is 19.1. The molecule has 3 N–H and O–H groups in total. The van der Waals surface area contributed by atoms with E-state index in [1.54, 1.807) is 6.07 Å². The molecule has 32 heavy (non-hydrogen) atoms. The van der Waals surface area contributed by atoms with Gasteiger partial charge < -0.3 is 20.5 Å². The van der Waals surface area contributed by atoms with Crippen molar-refractivity contribution < 1.29 is 9.59 Å². The summed E-state index contributed by atoms with van der Waals surface area (Å²) < 4.78 is 2.04. The number of halogens is 1. The first-order valence-corrected chi connectivity index (χ1v) is 11.2. The van der Waals surface area contributed by atoms with Crippen LogP contribution < -0.4 is 16.0 Å². The lowest BCUT2D eigenvalue weighted by molar-refractivity contribution is -0.114. The minimum atomic E-state index is -0.282. The maximum atomic E-state index is 13.5. The molecule has 1 aromatic heterocycles. The van der Waals surface area contributed by atoms with Gasteiger partial charge in [-0.25, -0.2) is 0 Å². The Hall–Kier alpha value is -3.09. The maximum Gasteiger partial charge on any atom is 0.238 e. The van der Waals surface area contributed by atoms with Crippen LogP contribution in [0.1, 0.15) is 40.2 Å². The lowest BCUT2D eigenvalue weighted by Crippen LogP contribution is -2.25. The van der Waals surface area contributed by atoms with E-state index in [-0.39, 0.29) is 18.2 Å². The summed E-state index contributed by atoms with van der Waals surface area (Å²) in [5.74, 6) is -0.370. The Labute approximate surface area is 193 Å². The van der Waals surface area contributed by atoms with Gasteiger partial charge in [0.05, 0.1) is 17.9 Å². The van der Waals surface area contributed by atoms with Crippen LogP contribution in [-0.2, 0) is 4.79 Å². The fourth-order valence-electron chi connectivity index (χ4n) is 4.35. The van der Waals surface area contributed by atoms with Crippen molar-refractivity contribution in [1.82, 2.24) is 4.57 Å². The number of aryl methyl sites for hydroxylation is 1. The van der Waals surface area contributed by atoms with Crippen molar-refractivity contribution in [1.29, 1.82) is 0 Å². The monoisotopic (exact) mass is 450 g/mol. The molecular weight excluding hydrogens is 424 g/mol. The third-order valence-corrected chi connectivity index (χ3v) is 6.18. The third-order valence-electron chi connectivity index (χ3n) is 5.93. The molecule has 0 saturated carbocycles. The number of nitrogens with zero attached hydrogens (tertiary/aromatic N) is 2. The van der Waals surface area contributed by atoms with Gasteiger partial charge in [0, 0.05) is 46.3 Å². The Morgan fingerprint density at radius 3 is 2.38 bits per heavy atom. The minimum absolute atomic E-state index is 0.0884. The van der Waals surface area contributed by atoms with Gasteiger partial charge in [0.1, 0.15) is 0 Å². The molecule has 0 spiro atoms. The van der Waals surface area contributed by atoms with Gasteiger partial charge in [-0.1, -0.05) is 11.6 Å². The first kappa shape index (κ1) is 22.1. The molecular formula is C25H27ClN4O2. The summed E-state index contributed by atoms with van der Waals surface area (Å²) in [5, 5.41) is 3.54. The molecule has 1 amide bonds. The number of ketones is 1. The largest absolute Gasteiger partial charge is 0.370 e. The van der Waals surface area contributed by atoms with E-state index in [2.05, 4.69) is 10.2 Å². The van der Waals surface area contributed by atoms with Crippen molar-refractivity contribution in [3.63, 3.8) is 0 Å². The van der Waals surface area contributed by atoms with Gasteiger partial charge in [0.25, 0.3) is 0 Å². The highest BCUT2D eigenvalue weighted by atomic mass is 35.5. The Morgan fingerprint density at radius 1 is 1.03 bits per heavy atom. The van der Waals surface area contributed by atoms with Crippen LogP contribution >= 0.6 is 11.6 Å². The molecule has 0 unspecified atom stereocenters. The molecule has 1 fully saturated rings. The SMILES string of the molecule is Cc1cc(C(=O)c2ccc(N3CCCC3)c(NC(=O)CN)c2)c(C)n1-c1ccc(Cl)cc1. The van der Waals surface area contributed by atoms with Crippen LogP contribution in [0.2, 0.25) is 5.02 Å². The summed E-state index contributed by atoms with van der Waals surface area (Å²) in [5.41, 5.74) is 11.0. The van der Waals surface area contributed by atoms with E-state index in [4.69, 9.17) is 17.3 Å². The Morgan fingerprint density at radius 2 is 1.72 bits per heavy atom. The normalized spacial score (nSPS) is 13.4. The number of amides is 1. The van der Waals surface area contributed by atoms with E-state index in [1.807, 2.05) is 60.9 Å². The van der Waals surface area contributed by atoms with E-state index >= 15 is 0 Å². The lowest BCUT2D eigenvalue weighted by atomic mass is 10.0. The molecule has 0 bridgehead atoms. The number of nitrogens with one attached hydrogen (secondary N) is 1. The predicted molar refractivity (Wildman–Crippen MR) is 129 cm³/mol. The lowest BCUT2D eigenvalue weighted by Gasteiger charge is -2.22. The predicted octanol–water partition coefficient (Wildman–Crippen LogP) is 4.48. The van der Waals surface area contributed by atoms with Crippen LogP contribution in [0.25, 0.3) is 5.69 Å². The molecule has 2 heterocycles. The fourth-order valence-corrected chi connectivity index (χ4v) is 4.47. The second-order valence-corrected chi connectivity index (χ2v) is 8.54. The topological polar surface area (TPSA) is 80.4 Å². The second-order valence-electron chi connectivity index (χ2n) is 8.10. The van der Waals surface area contributed by atoms with E-state index in [0.717, 1.165) is 48.7 Å². The summed E-state index contributed by atoms with van der Waals surface area (Å²) >= 11 is 6.03. The average molecular weight is 451 g/mol. The van der Waals surface area contributed by atoms with E-state index in [0.29, 0.717) is 21.8 Å². The van der Waals surface area contributed by atoms with Gasteiger partial charge in [-0.05, 0) is 75.2 Å². The van der Waals surface area contributed by atoms with Gasteiger partial charge in [0.2, 0.25) is 5.91 Å². The van der Waals surface area contributed by atoms with Gasteiger partial charge in [0.15, 0.2) is 5.78 Å². The van der Waals surface area contributed by atoms with Gasteiger partial charge >= 0.3 is 0 Å². The standard InChI is InChI=1S/C25H27ClN4O2/c1-16-13-21(17(2)30(16)20-8-6-19(26)7-9-20)25(32)18-5-10-23(29-11-3-4-12-29)22(14-18)28-24(31)15-27/h5-10,13-14H,3-4,11-12,15,27H2,1-2H3,(H,28,31). The summed E-state index contributed by atoms with van der Waals surface area (Å²) in [6.45, 7) is 5.66. The van der Waals surface area contributed by atoms with Crippen molar-refractivity contribution in [3.05, 3.63) is 76.1 Å². The number of benzene rings is 2. The summed E-state index contributed by atoms with van der Waals surface area (Å²) in [7, 11) is 0. The van der Waals surface area contributed by atoms with Crippen LogP contribution in [-0.4, -0.2) is 35.9 Å². The third kappa shape index (κ3) is 4.29. The summed E-state index contributed by atoms with van der Waals surface area (Å²) in [6, 6.07) is 15.0. The second kappa shape index (κ2) is 9.18. The Kier molecular flexibility index (Phi) is 6.35. The molecule has 1 aliphatic heterocycles. The van der Waals surface area contributed by atoms with Crippen LogP contribution in [0, 0.1) is 13.8 Å². The first-order chi connectivity index (χ1) is 15.4. The highest BCUT2D eigenvalue weighted by Crippen LogP contribution is 2.32. The van der Waals surface area contributed by atoms with E-state index in [9.17, 15) is 9.59 Å². The number of carbonyl (C=O) groups is 2. The van der Waals surface area contributed by atoms with Crippen molar-refractivity contribution in [2.24, 2.45) is 5.73 Å². The Bertz CT molecular complexity index is 1160. The maximum absolute atomic E-state index is 13.5. The first-order valence-electron chi connectivity index (χ1n) is 10.8. The van der Waals surface area contributed by atoms with Gasteiger partial charge in [-0.2, -0.15) is 0 Å². The number of anilines is 2. The zero-order valence-electron chi connectivity index (χ0n) is 18.3. The summed E-state index contributed by atoms with van der Waals surface area (Å²) in [6.07, 6.45) is 2.23. The molecule has 7 heteroatoms. The van der Waals surface area contributed by atoms with Crippen molar-refractivity contribution >= 4 is 34.7 Å². The smallest absolute Gasteiger partial charge is 0.238 e. The van der Waals surface area contributed by atoms with Crippen LogP contribution in [0.15, 0.2) is 48.5 Å². The number of hydrogen-bond acceptors (Lipinski definition) is 4. The van der Waals surface area contributed by atoms with Crippen molar-refractivity contribution in [2.45, 2.75) is 26.7 Å². The van der Waals surface area contributed by atoms with Gasteiger partial charge in [-0.3, -0.25) is 9.59 Å². The molecule has 0 atom stereocenters. The number of carbonyl (C=O) groups excluding carboxylic acids is 2.